The van der Waals surface area contributed by atoms with Gasteiger partial charge in [-0.25, -0.2) is 0 Å². The van der Waals surface area contributed by atoms with Crippen molar-refractivity contribution >= 4 is 11.9 Å². The van der Waals surface area contributed by atoms with Crippen molar-refractivity contribution in [1.82, 2.24) is 0 Å². The predicted molar refractivity (Wildman–Crippen MR) is 78.2 cm³/mol. The van der Waals surface area contributed by atoms with Crippen LogP contribution in [0.2, 0.25) is 0 Å². The van der Waals surface area contributed by atoms with Crippen molar-refractivity contribution in [2.24, 2.45) is 5.92 Å². The lowest BCUT2D eigenvalue weighted by Gasteiger charge is -2.22. The molecule has 4 nitrogen and oxygen atoms in total. The van der Waals surface area contributed by atoms with Gasteiger partial charge in [0.1, 0.15) is 0 Å². The second-order valence-electron chi connectivity index (χ2n) is 4.96. The van der Waals surface area contributed by atoms with E-state index in [2.05, 4.69) is 0 Å². The Morgan fingerprint density at radius 1 is 0.857 bits per heavy atom. The molecular formula is C17H16O4. The molecule has 0 radical (unpaired) electrons. The van der Waals surface area contributed by atoms with E-state index in [1.807, 2.05) is 25.1 Å². The second-order valence-corrected chi connectivity index (χ2v) is 4.96. The molecule has 0 aliphatic rings. The van der Waals surface area contributed by atoms with Gasteiger partial charge < -0.3 is 10.2 Å². The summed E-state index contributed by atoms with van der Waals surface area (Å²) in [5.41, 5.74) is 2.33. The van der Waals surface area contributed by atoms with Crippen molar-refractivity contribution in [2.45, 2.75) is 12.8 Å². The molecule has 0 saturated heterocycles. The summed E-state index contributed by atoms with van der Waals surface area (Å²) in [6.45, 7) is 1.89. The summed E-state index contributed by atoms with van der Waals surface area (Å²) in [7, 11) is 0. The van der Waals surface area contributed by atoms with Crippen LogP contribution in [0.15, 0.2) is 54.6 Å². The summed E-state index contributed by atoms with van der Waals surface area (Å²) >= 11 is 0. The normalized spacial score (nSPS) is 12.1. The van der Waals surface area contributed by atoms with Gasteiger partial charge in [0, 0.05) is 5.92 Å². The molecule has 0 heterocycles. The van der Waals surface area contributed by atoms with E-state index in [4.69, 9.17) is 0 Å². The van der Waals surface area contributed by atoms with Crippen LogP contribution >= 0.6 is 0 Å². The molecule has 2 rings (SSSR count). The van der Waals surface area contributed by atoms with E-state index in [1.165, 1.54) is 0 Å². The predicted octanol–water partition coefficient (Wildman–Crippen LogP) is 2.91. The van der Waals surface area contributed by atoms with Crippen LogP contribution in [-0.2, 0) is 9.59 Å². The van der Waals surface area contributed by atoms with Crippen molar-refractivity contribution in [1.29, 1.82) is 0 Å². The van der Waals surface area contributed by atoms with Crippen LogP contribution in [0.1, 0.15) is 22.6 Å². The molecule has 2 N–H and O–H groups in total. The van der Waals surface area contributed by atoms with Crippen LogP contribution in [0.4, 0.5) is 0 Å². The molecule has 2 aromatic carbocycles. The minimum absolute atomic E-state index is 0.679. The highest BCUT2D eigenvalue weighted by Crippen LogP contribution is 2.33. The number of carboxylic acid groups (broad SMARTS) is 2. The Morgan fingerprint density at radius 2 is 1.43 bits per heavy atom. The van der Waals surface area contributed by atoms with E-state index in [-0.39, 0.29) is 0 Å². The molecule has 2 aromatic rings. The first-order valence-corrected chi connectivity index (χ1v) is 6.58. The maximum absolute atomic E-state index is 11.4. The molecule has 4 heteroatoms. The van der Waals surface area contributed by atoms with E-state index in [9.17, 15) is 19.8 Å². The largest absolute Gasteiger partial charge is 0.481 e. The molecule has 0 aliphatic carbocycles. The molecule has 108 valence electrons. The first-order valence-electron chi connectivity index (χ1n) is 6.58. The lowest BCUT2D eigenvalue weighted by atomic mass is 9.80. The number of rotatable bonds is 5. The van der Waals surface area contributed by atoms with Crippen molar-refractivity contribution in [3.63, 3.8) is 0 Å². The fourth-order valence-electron chi connectivity index (χ4n) is 2.49. The van der Waals surface area contributed by atoms with Crippen LogP contribution in [0.5, 0.6) is 0 Å². The second kappa shape index (κ2) is 6.22. The van der Waals surface area contributed by atoms with E-state index in [0.29, 0.717) is 11.1 Å². The number of aryl methyl sites for hydroxylation is 1. The summed E-state index contributed by atoms with van der Waals surface area (Å²) in [6, 6.07) is 16.2. The van der Waals surface area contributed by atoms with Crippen LogP contribution in [-0.4, -0.2) is 22.2 Å². The Balaban J connectivity index is 2.59. The van der Waals surface area contributed by atoms with Crippen LogP contribution in [0, 0.1) is 12.8 Å². The monoisotopic (exact) mass is 284 g/mol. The fraction of sp³-hybridized carbons (Fsp3) is 0.176. The summed E-state index contributed by atoms with van der Waals surface area (Å²) in [5, 5.41) is 18.7. The number of aliphatic carboxylic acids is 2. The minimum Gasteiger partial charge on any atom is -0.481 e. The first-order chi connectivity index (χ1) is 10.0. The van der Waals surface area contributed by atoms with Gasteiger partial charge in [-0.05, 0) is 18.1 Å². The molecule has 0 aliphatic heterocycles. The zero-order chi connectivity index (χ0) is 15.4. The number of carboxylic acids is 2. The Hall–Kier alpha value is -2.62. The highest BCUT2D eigenvalue weighted by Gasteiger charge is 2.36. The van der Waals surface area contributed by atoms with Gasteiger partial charge in [-0.1, -0.05) is 60.2 Å². The molecule has 0 spiro atoms. The fourth-order valence-corrected chi connectivity index (χ4v) is 2.49. The summed E-state index contributed by atoms with van der Waals surface area (Å²) < 4.78 is 0. The maximum atomic E-state index is 11.4. The molecule has 21 heavy (non-hydrogen) atoms. The van der Waals surface area contributed by atoms with Gasteiger partial charge >= 0.3 is 11.9 Å². The first kappa shape index (κ1) is 14.8. The smallest absolute Gasteiger partial charge is 0.318 e. The Labute approximate surface area is 122 Å². The summed E-state index contributed by atoms with van der Waals surface area (Å²) in [4.78, 5) is 22.9. The third-order valence-corrected chi connectivity index (χ3v) is 3.43. The Morgan fingerprint density at radius 3 is 1.95 bits per heavy atom. The van der Waals surface area contributed by atoms with Crippen molar-refractivity contribution in [2.75, 3.05) is 0 Å². The molecule has 0 aromatic heterocycles. The van der Waals surface area contributed by atoms with Gasteiger partial charge in [-0.2, -0.15) is 0 Å². The number of benzene rings is 2. The van der Waals surface area contributed by atoms with Gasteiger partial charge in [0.05, 0.1) is 0 Å². The third kappa shape index (κ3) is 3.28. The van der Waals surface area contributed by atoms with Crippen LogP contribution in [0.3, 0.4) is 0 Å². The van der Waals surface area contributed by atoms with E-state index in [1.54, 1.807) is 36.4 Å². The average Bonchev–Trinajstić information content (AvgIpc) is 2.44. The number of hydrogen-bond acceptors (Lipinski definition) is 2. The molecule has 0 fully saturated rings. The van der Waals surface area contributed by atoms with Crippen LogP contribution in [0.25, 0.3) is 0 Å². The maximum Gasteiger partial charge on any atom is 0.318 e. The molecule has 1 atom stereocenters. The van der Waals surface area contributed by atoms with Crippen molar-refractivity contribution in [3.8, 4) is 0 Å². The molecule has 0 bridgehead atoms. The molecule has 0 saturated carbocycles. The van der Waals surface area contributed by atoms with Gasteiger partial charge in [-0.15, -0.1) is 0 Å². The lowest BCUT2D eigenvalue weighted by molar-refractivity contribution is -0.155. The van der Waals surface area contributed by atoms with Crippen molar-refractivity contribution < 1.29 is 19.8 Å². The zero-order valence-corrected chi connectivity index (χ0v) is 11.6. The molecule has 0 unspecified atom stereocenters. The zero-order valence-electron chi connectivity index (χ0n) is 11.6. The van der Waals surface area contributed by atoms with Gasteiger partial charge in [0.2, 0.25) is 0 Å². The number of carbonyl (C=O) groups is 2. The van der Waals surface area contributed by atoms with E-state index in [0.717, 1.165) is 5.56 Å². The molecule has 0 amide bonds. The Kier molecular flexibility index (Phi) is 4.38. The summed E-state index contributed by atoms with van der Waals surface area (Å²) in [6.07, 6.45) is 0. The van der Waals surface area contributed by atoms with Gasteiger partial charge in [0.15, 0.2) is 5.92 Å². The standard InChI is InChI=1S/C17H16O4/c1-11-6-5-9-13(10-11)14(12-7-3-2-4-8-12)15(16(18)19)17(20)21/h2-10,14-15H,1H3,(H,18,19)(H,20,21)/t14-/m1/s1. The highest BCUT2D eigenvalue weighted by molar-refractivity contribution is 5.94. The SMILES string of the molecule is Cc1cccc([C@@H](c2ccccc2)C(C(=O)O)C(=O)O)c1. The molecular weight excluding hydrogens is 268 g/mol. The Bertz CT molecular complexity index is 635. The van der Waals surface area contributed by atoms with Gasteiger partial charge in [0.25, 0.3) is 0 Å². The van der Waals surface area contributed by atoms with Crippen molar-refractivity contribution in [3.05, 3.63) is 71.3 Å². The van der Waals surface area contributed by atoms with E-state index >= 15 is 0 Å². The van der Waals surface area contributed by atoms with E-state index < -0.39 is 23.8 Å². The summed E-state index contributed by atoms with van der Waals surface area (Å²) in [5.74, 6) is -4.91. The lowest BCUT2D eigenvalue weighted by Crippen LogP contribution is -2.30. The highest BCUT2D eigenvalue weighted by atomic mass is 16.4. The minimum atomic E-state index is -1.52. The average molecular weight is 284 g/mol. The van der Waals surface area contributed by atoms with Crippen LogP contribution < -0.4 is 0 Å². The topological polar surface area (TPSA) is 74.6 Å². The third-order valence-electron chi connectivity index (χ3n) is 3.43. The number of hydrogen-bond donors (Lipinski definition) is 2. The quantitative estimate of drug-likeness (QED) is 0.828. The van der Waals surface area contributed by atoms with Gasteiger partial charge in [-0.3, -0.25) is 9.59 Å².